The van der Waals surface area contributed by atoms with Crippen molar-refractivity contribution in [1.29, 1.82) is 0 Å². The first-order valence-corrected chi connectivity index (χ1v) is 8.03. The largest absolute Gasteiger partial charge is 0.486 e. The van der Waals surface area contributed by atoms with Crippen LogP contribution >= 0.6 is 0 Å². The van der Waals surface area contributed by atoms with E-state index in [0.717, 1.165) is 12.8 Å². The summed E-state index contributed by atoms with van der Waals surface area (Å²) in [5, 5.41) is 0. The van der Waals surface area contributed by atoms with E-state index < -0.39 is 0 Å². The predicted octanol–water partition coefficient (Wildman–Crippen LogP) is 1.23. The van der Waals surface area contributed by atoms with Crippen molar-refractivity contribution >= 4 is 11.7 Å². The highest BCUT2D eigenvalue weighted by atomic mass is 16.6. The summed E-state index contributed by atoms with van der Waals surface area (Å²) in [5.41, 5.74) is 6.01. The van der Waals surface area contributed by atoms with Gasteiger partial charge in [0.2, 0.25) is 5.91 Å². The number of rotatable bonds is 4. The Hall–Kier alpha value is -2.08. The lowest BCUT2D eigenvalue weighted by molar-refractivity contribution is -0.123. The number of hydrogen-bond donors (Lipinski definition) is 1. The molecule has 1 amide bonds. The molecule has 1 unspecified atom stereocenters. The maximum Gasteiger partial charge on any atom is 0.234 e. The quantitative estimate of drug-likeness (QED) is 0.844. The molecule has 2 heterocycles. The van der Waals surface area contributed by atoms with Gasteiger partial charge in [-0.1, -0.05) is 0 Å². The van der Waals surface area contributed by atoms with E-state index in [1.807, 2.05) is 11.8 Å². The van der Waals surface area contributed by atoms with Gasteiger partial charge in [-0.2, -0.15) is 0 Å². The van der Waals surface area contributed by atoms with Crippen LogP contribution in [0.3, 0.4) is 0 Å². The number of hydrogen-bond acceptors (Lipinski definition) is 5. The number of Topliss-reactive ketones (excluding diaryl/α,β-unsaturated/α-hetero) is 1. The lowest BCUT2D eigenvalue weighted by Gasteiger charge is -2.34. The topological polar surface area (TPSA) is 81.9 Å². The zero-order valence-corrected chi connectivity index (χ0v) is 13.3. The average Bonchev–Trinajstić information content (AvgIpc) is 2.60. The van der Waals surface area contributed by atoms with E-state index in [1.54, 1.807) is 18.2 Å². The molecule has 6 heteroatoms. The summed E-state index contributed by atoms with van der Waals surface area (Å²) >= 11 is 0. The van der Waals surface area contributed by atoms with Gasteiger partial charge in [-0.05, 0) is 51.1 Å². The molecule has 0 aliphatic carbocycles. The minimum absolute atomic E-state index is 0.0196. The van der Waals surface area contributed by atoms with Crippen LogP contribution in [0.5, 0.6) is 11.5 Å². The van der Waals surface area contributed by atoms with Gasteiger partial charge in [-0.3, -0.25) is 14.5 Å². The minimum atomic E-state index is -0.318. The Kier molecular flexibility index (Phi) is 4.52. The number of primary amides is 1. The van der Waals surface area contributed by atoms with Crippen molar-refractivity contribution in [3.05, 3.63) is 23.8 Å². The highest BCUT2D eigenvalue weighted by Gasteiger charge is 2.29. The van der Waals surface area contributed by atoms with E-state index in [2.05, 4.69) is 0 Å². The van der Waals surface area contributed by atoms with E-state index in [9.17, 15) is 9.59 Å². The van der Waals surface area contributed by atoms with Gasteiger partial charge in [-0.25, -0.2) is 0 Å². The molecule has 23 heavy (non-hydrogen) atoms. The molecule has 2 aliphatic rings. The Labute approximate surface area is 135 Å². The van der Waals surface area contributed by atoms with E-state index in [0.29, 0.717) is 43.4 Å². The highest BCUT2D eigenvalue weighted by Crippen LogP contribution is 2.32. The first kappa shape index (κ1) is 15.8. The van der Waals surface area contributed by atoms with Crippen molar-refractivity contribution in [2.45, 2.75) is 25.8 Å². The molecule has 1 saturated heterocycles. The highest BCUT2D eigenvalue weighted by molar-refractivity contribution is 5.98. The van der Waals surface area contributed by atoms with E-state index in [4.69, 9.17) is 15.2 Å². The second-order valence-corrected chi connectivity index (χ2v) is 6.11. The fraction of sp³-hybridized carbons (Fsp3) is 0.529. The number of nitrogens with two attached hydrogens (primary N) is 1. The third-order valence-electron chi connectivity index (χ3n) is 4.69. The van der Waals surface area contributed by atoms with Crippen LogP contribution in [0.4, 0.5) is 0 Å². The van der Waals surface area contributed by atoms with Gasteiger partial charge >= 0.3 is 0 Å². The standard InChI is InChI=1S/C17H22N2O4/c1-11(17(18)21)19-6-4-12(5-7-19)16(20)13-2-3-14-15(10-13)23-9-8-22-14/h2-3,10-12H,4-9H2,1H3,(H2,18,21). The molecule has 0 aromatic heterocycles. The molecule has 1 fully saturated rings. The van der Waals surface area contributed by atoms with Crippen LogP contribution < -0.4 is 15.2 Å². The average molecular weight is 318 g/mol. The molecule has 0 radical (unpaired) electrons. The van der Waals surface area contributed by atoms with Crippen molar-refractivity contribution < 1.29 is 19.1 Å². The Balaban J connectivity index is 1.64. The molecular weight excluding hydrogens is 296 g/mol. The third-order valence-corrected chi connectivity index (χ3v) is 4.69. The van der Waals surface area contributed by atoms with Crippen molar-refractivity contribution in [3.8, 4) is 11.5 Å². The van der Waals surface area contributed by atoms with Crippen LogP contribution in [0.1, 0.15) is 30.1 Å². The SMILES string of the molecule is CC(C(N)=O)N1CCC(C(=O)c2ccc3c(c2)OCCO3)CC1. The molecule has 0 saturated carbocycles. The van der Waals surface area contributed by atoms with Crippen molar-refractivity contribution in [1.82, 2.24) is 4.90 Å². The summed E-state index contributed by atoms with van der Waals surface area (Å²) < 4.78 is 11.0. The van der Waals surface area contributed by atoms with Gasteiger partial charge in [0, 0.05) is 11.5 Å². The lowest BCUT2D eigenvalue weighted by atomic mass is 9.88. The van der Waals surface area contributed by atoms with Gasteiger partial charge < -0.3 is 15.2 Å². The second kappa shape index (κ2) is 6.58. The number of nitrogens with zero attached hydrogens (tertiary/aromatic N) is 1. The molecule has 2 aliphatic heterocycles. The first-order valence-electron chi connectivity index (χ1n) is 8.03. The van der Waals surface area contributed by atoms with E-state index in [-0.39, 0.29) is 23.7 Å². The zero-order valence-electron chi connectivity index (χ0n) is 13.3. The minimum Gasteiger partial charge on any atom is -0.486 e. The number of ketones is 1. The van der Waals surface area contributed by atoms with Crippen LogP contribution in [-0.2, 0) is 4.79 Å². The third kappa shape index (κ3) is 3.32. The molecule has 6 nitrogen and oxygen atoms in total. The molecule has 124 valence electrons. The molecular formula is C17H22N2O4. The Morgan fingerprint density at radius 3 is 2.48 bits per heavy atom. The summed E-state index contributed by atoms with van der Waals surface area (Å²) in [6.07, 6.45) is 1.48. The number of benzene rings is 1. The number of likely N-dealkylation sites (tertiary alicyclic amines) is 1. The molecule has 0 spiro atoms. The molecule has 1 aromatic rings. The van der Waals surface area contributed by atoms with Crippen molar-refractivity contribution in [2.24, 2.45) is 11.7 Å². The smallest absolute Gasteiger partial charge is 0.234 e. The Bertz CT molecular complexity index is 609. The fourth-order valence-corrected chi connectivity index (χ4v) is 3.16. The van der Waals surface area contributed by atoms with Crippen LogP contribution in [0, 0.1) is 5.92 Å². The Morgan fingerprint density at radius 2 is 1.83 bits per heavy atom. The van der Waals surface area contributed by atoms with E-state index in [1.165, 1.54) is 0 Å². The van der Waals surface area contributed by atoms with Gasteiger partial charge in [0.25, 0.3) is 0 Å². The van der Waals surface area contributed by atoms with Crippen molar-refractivity contribution in [2.75, 3.05) is 26.3 Å². The molecule has 1 atom stereocenters. The lowest BCUT2D eigenvalue weighted by Crippen LogP contribution is -2.47. The van der Waals surface area contributed by atoms with Crippen molar-refractivity contribution in [3.63, 3.8) is 0 Å². The summed E-state index contributed by atoms with van der Waals surface area (Å²) in [4.78, 5) is 26.0. The van der Waals surface area contributed by atoms with Gasteiger partial charge in [-0.15, -0.1) is 0 Å². The molecule has 3 rings (SSSR count). The number of ether oxygens (including phenoxy) is 2. The van der Waals surface area contributed by atoms with Gasteiger partial charge in [0.1, 0.15) is 13.2 Å². The fourth-order valence-electron chi connectivity index (χ4n) is 3.16. The zero-order chi connectivity index (χ0) is 16.4. The Morgan fingerprint density at radius 1 is 1.17 bits per heavy atom. The van der Waals surface area contributed by atoms with Crippen LogP contribution in [0.2, 0.25) is 0 Å². The number of carbonyl (C=O) groups excluding carboxylic acids is 2. The van der Waals surface area contributed by atoms with Gasteiger partial charge in [0.05, 0.1) is 6.04 Å². The number of fused-ring (bicyclic) bond motifs is 1. The first-order chi connectivity index (χ1) is 11.1. The normalized spacial score (nSPS) is 20.0. The van der Waals surface area contributed by atoms with Gasteiger partial charge in [0.15, 0.2) is 17.3 Å². The molecule has 2 N–H and O–H groups in total. The predicted molar refractivity (Wildman–Crippen MR) is 84.7 cm³/mol. The molecule has 0 bridgehead atoms. The summed E-state index contributed by atoms with van der Waals surface area (Å²) in [5.74, 6) is 1.13. The molecule has 1 aromatic carbocycles. The van der Waals surface area contributed by atoms with Crippen LogP contribution in [0.15, 0.2) is 18.2 Å². The summed E-state index contributed by atoms with van der Waals surface area (Å²) in [7, 11) is 0. The monoisotopic (exact) mass is 318 g/mol. The van der Waals surface area contributed by atoms with Crippen LogP contribution in [-0.4, -0.2) is 48.9 Å². The maximum atomic E-state index is 12.7. The summed E-state index contributed by atoms with van der Waals surface area (Å²) in [6, 6.07) is 5.09. The summed E-state index contributed by atoms with van der Waals surface area (Å²) in [6.45, 7) is 4.28. The number of piperidine rings is 1. The van der Waals surface area contributed by atoms with E-state index >= 15 is 0 Å². The number of amides is 1. The maximum absolute atomic E-state index is 12.7. The number of carbonyl (C=O) groups is 2. The second-order valence-electron chi connectivity index (χ2n) is 6.11. The van der Waals surface area contributed by atoms with Crippen LogP contribution in [0.25, 0.3) is 0 Å².